The Labute approximate surface area is 97.3 Å². The van der Waals surface area contributed by atoms with E-state index < -0.39 is 8.18 Å². The molecule has 2 radical (unpaired) electrons. The van der Waals surface area contributed by atoms with E-state index >= 15 is 0 Å². The fourth-order valence-corrected chi connectivity index (χ4v) is 2.61. The van der Waals surface area contributed by atoms with Crippen molar-refractivity contribution in [2.45, 2.75) is 26.0 Å². The first kappa shape index (κ1) is 13.5. The second-order valence-electron chi connectivity index (χ2n) is 3.71. The first-order valence-corrected chi connectivity index (χ1v) is 7.26. The summed E-state index contributed by atoms with van der Waals surface area (Å²) in [5.74, 6) is 0.641. The van der Waals surface area contributed by atoms with Crippen LogP contribution in [-0.2, 0) is 13.8 Å². The van der Waals surface area contributed by atoms with Gasteiger partial charge < -0.3 is 4.74 Å². The van der Waals surface area contributed by atoms with Crippen LogP contribution in [0.25, 0.3) is 0 Å². The fourth-order valence-electron chi connectivity index (χ4n) is 1.52. The number of hydrogen-bond donors (Lipinski definition) is 1. The highest BCUT2D eigenvalue weighted by Crippen LogP contribution is 2.32. The van der Waals surface area contributed by atoms with Crippen LogP contribution in [0.2, 0.25) is 0 Å². The first-order valence-electron chi connectivity index (χ1n) is 4.86. The van der Waals surface area contributed by atoms with E-state index in [-0.39, 0.29) is 12.1 Å². The summed E-state index contributed by atoms with van der Waals surface area (Å²) in [6.07, 6.45) is 1.74. The molecular weight excluding hydrogens is 232 g/mol. The van der Waals surface area contributed by atoms with Crippen LogP contribution in [0.5, 0.6) is 0 Å². The zero-order chi connectivity index (χ0) is 11.4. The van der Waals surface area contributed by atoms with Gasteiger partial charge in [0.2, 0.25) is 0 Å². The van der Waals surface area contributed by atoms with Crippen molar-refractivity contribution in [3.63, 3.8) is 0 Å². The summed E-state index contributed by atoms with van der Waals surface area (Å²) >= 11 is 1.27. The molecule has 5 atom stereocenters. The monoisotopic (exact) mass is 248 g/mol. The van der Waals surface area contributed by atoms with Gasteiger partial charge in [-0.1, -0.05) is 13.8 Å². The zero-order valence-corrected chi connectivity index (χ0v) is 10.9. The summed E-state index contributed by atoms with van der Waals surface area (Å²) in [5.41, 5.74) is 0. The predicted octanol–water partition coefficient (Wildman–Crippen LogP) is 1.69. The van der Waals surface area contributed by atoms with Crippen LogP contribution in [0.1, 0.15) is 13.8 Å². The quantitative estimate of drug-likeness (QED) is 0.455. The lowest BCUT2D eigenvalue weighted by molar-refractivity contribution is 0.0384. The summed E-state index contributed by atoms with van der Waals surface area (Å²) in [4.78, 5) is 0. The molecule has 0 aromatic heterocycles. The van der Waals surface area contributed by atoms with Crippen LogP contribution in [0.15, 0.2) is 0 Å². The third-order valence-electron chi connectivity index (χ3n) is 2.79. The number of ether oxygens (including phenoxy) is 1. The third-order valence-corrected chi connectivity index (χ3v) is 4.50. The lowest BCUT2D eigenvalue weighted by Gasteiger charge is -2.12. The predicted molar refractivity (Wildman–Crippen MR) is 63.0 cm³/mol. The van der Waals surface area contributed by atoms with Gasteiger partial charge in [-0.15, -0.1) is 4.52 Å². The van der Waals surface area contributed by atoms with Crippen LogP contribution in [0.4, 0.5) is 0 Å². The van der Waals surface area contributed by atoms with Gasteiger partial charge in [0.25, 0.3) is 0 Å². The molecule has 5 unspecified atom stereocenters. The van der Waals surface area contributed by atoms with Crippen molar-refractivity contribution in [3.05, 3.63) is 0 Å². The van der Waals surface area contributed by atoms with Crippen molar-refractivity contribution in [1.82, 2.24) is 4.49 Å². The van der Waals surface area contributed by atoms with Crippen LogP contribution < -0.4 is 4.49 Å². The molecular formula is C8H16BNO3PS+. The molecule has 0 bridgehead atoms. The summed E-state index contributed by atoms with van der Waals surface area (Å²) in [6, 6.07) is -0.236. The number of rotatable bonds is 5. The molecule has 1 saturated heterocycles. The highest BCUT2D eigenvalue weighted by atomic mass is 32.2. The van der Waals surface area contributed by atoms with Crippen molar-refractivity contribution in [2.24, 2.45) is 11.8 Å². The Kier molecular flexibility index (Phi) is 5.57. The molecule has 15 heavy (non-hydrogen) atoms. The molecule has 0 aromatic carbocycles. The van der Waals surface area contributed by atoms with E-state index in [1.54, 1.807) is 6.26 Å². The fraction of sp³-hybridized carbons (Fsp3) is 1.00. The van der Waals surface area contributed by atoms with E-state index in [2.05, 4.69) is 18.3 Å². The molecule has 7 heteroatoms. The number of nitrogens with one attached hydrogen (secondary N) is 1. The van der Waals surface area contributed by atoms with Gasteiger partial charge in [-0.25, -0.2) is 0 Å². The molecule has 1 rings (SSSR count). The first-order chi connectivity index (χ1) is 7.06. The van der Waals surface area contributed by atoms with Crippen molar-refractivity contribution < 1.29 is 13.8 Å². The van der Waals surface area contributed by atoms with E-state index in [0.717, 1.165) is 0 Å². The highest BCUT2D eigenvalue weighted by Gasteiger charge is 2.37. The Morgan fingerprint density at radius 3 is 2.67 bits per heavy atom. The van der Waals surface area contributed by atoms with Crippen LogP contribution in [-0.4, -0.2) is 32.8 Å². The molecule has 84 valence electrons. The molecule has 1 fully saturated rings. The Bertz CT molecular complexity index is 234. The van der Waals surface area contributed by atoms with Gasteiger partial charge in [0.05, 0.1) is 6.10 Å². The maximum Gasteiger partial charge on any atom is 0.623 e. The standard InChI is InChI=1S/C8H16BNO3PS/c1-5-6(2)8(9)13-7(5)4-12-14(11)10-15-3/h5-8H,4H2,1-3H3,(H,10,11)/q+1. The Hall–Kier alpha value is 0.395. The SMILES string of the molecule is [B]C1OC(CO[P+](=O)NSC)C(C)C1C. The summed E-state index contributed by atoms with van der Waals surface area (Å²) in [7, 11) is 3.95. The Morgan fingerprint density at radius 1 is 1.53 bits per heavy atom. The second kappa shape index (κ2) is 6.21. The van der Waals surface area contributed by atoms with Crippen molar-refractivity contribution >= 4 is 28.0 Å². The van der Waals surface area contributed by atoms with Gasteiger partial charge in [0, 0.05) is 12.3 Å². The molecule has 0 amide bonds. The zero-order valence-electron chi connectivity index (χ0n) is 9.17. The van der Waals surface area contributed by atoms with Gasteiger partial charge in [0.15, 0.2) is 0 Å². The maximum atomic E-state index is 11.2. The van der Waals surface area contributed by atoms with Gasteiger partial charge >= 0.3 is 8.18 Å². The molecule has 1 aliphatic heterocycles. The summed E-state index contributed by atoms with van der Waals surface area (Å²) in [5, 5.41) is 0. The molecule has 0 saturated carbocycles. The van der Waals surface area contributed by atoms with Crippen LogP contribution in [0, 0.1) is 11.8 Å². The van der Waals surface area contributed by atoms with Crippen LogP contribution >= 0.6 is 20.1 Å². The van der Waals surface area contributed by atoms with E-state index in [4.69, 9.17) is 17.1 Å². The van der Waals surface area contributed by atoms with Crippen molar-refractivity contribution in [1.29, 1.82) is 0 Å². The second-order valence-corrected chi connectivity index (χ2v) is 5.62. The summed E-state index contributed by atoms with van der Waals surface area (Å²) < 4.78 is 24.4. The molecule has 1 aliphatic rings. The largest absolute Gasteiger partial charge is 0.623 e. The summed E-state index contributed by atoms with van der Waals surface area (Å²) in [6.45, 7) is 4.44. The lowest BCUT2D eigenvalue weighted by atomic mass is 9.82. The average Bonchev–Trinajstić information content (AvgIpc) is 2.43. The molecule has 1 N–H and O–H groups in total. The minimum atomic E-state index is -1.80. The number of hydrogen-bond acceptors (Lipinski definition) is 4. The van der Waals surface area contributed by atoms with Gasteiger partial charge in [-0.2, -0.15) is 0 Å². The third kappa shape index (κ3) is 3.72. The van der Waals surface area contributed by atoms with E-state index in [0.29, 0.717) is 18.4 Å². The minimum absolute atomic E-state index is 0.0578. The van der Waals surface area contributed by atoms with E-state index in [1.807, 2.05) is 0 Å². The average molecular weight is 248 g/mol. The lowest BCUT2D eigenvalue weighted by Crippen LogP contribution is -2.21. The maximum absolute atomic E-state index is 11.2. The van der Waals surface area contributed by atoms with Crippen LogP contribution in [0.3, 0.4) is 0 Å². The van der Waals surface area contributed by atoms with E-state index in [9.17, 15) is 4.57 Å². The van der Waals surface area contributed by atoms with Gasteiger partial charge in [-0.3, -0.25) is 0 Å². The molecule has 0 aliphatic carbocycles. The smallest absolute Gasteiger partial charge is 0.382 e. The Balaban J connectivity index is 2.31. The molecule has 0 spiro atoms. The van der Waals surface area contributed by atoms with Crippen molar-refractivity contribution in [3.8, 4) is 0 Å². The molecule has 1 heterocycles. The van der Waals surface area contributed by atoms with Crippen molar-refractivity contribution in [2.75, 3.05) is 12.9 Å². The van der Waals surface area contributed by atoms with E-state index in [1.165, 1.54) is 11.9 Å². The van der Waals surface area contributed by atoms with Gasteiger partial charge in [0.1, 0.15) is 14.5 Å². The Morgan fingerprint density at radius 2 is 2.20 bits per heavy atom. The minimum Gasteiger partial charge on any atom is -0.382 e. The normalized spacial score (nSPS) is 36.9. The van der Waals surface area contributed by atoms with Gasteiger partial charge in [-0.05, 0) is 32.8 Å². The molecule has 0 aromatic rings. The highest BCUT2D eigenvalue weighted by molar-refractivity contribution is 8.00. The molecule has 4 nitrogen and oxygen atoms in total. The topological polar surface area (TPSA) is 47.6 Å².